The Bertz CT molecular complexity index is 771. The van der Waals surface area contributed by atoms with Crippen molar-refractivity contribution in [3.05, 3.63) is 29.8 Å². The lowest BCUT2D eigenvalue weighted by molar-refractivity contribution is -0.165. The number of thioether (sulfide) groups is 1. The second-order valence-electron chi connectivity index (χ2n) is 8.07. The van der Waals surface area contributed by atoms with E-state index in [9.17, 15) is 9.90 Å². The number of ether oxygens (including phenoxy) is 4. The van der Waals surface area contributed by atoms with Crippen molar-refractivity contribution in [1.29, 1.82) is 0 Å². The first-order valence-corrected chi connectivity index (χ1v) is 10.5. The van der Waals surface area contributed by atoms with Crippen LogP contribution in [-0.2, 0) is 23.7 Å². The number of phenolic OH excluding ortho intramolecular Hbond substituents is 1. The highest BCUT2D eigenvalue weighted by molar-refractivity contribution is 7.99. The number of phenols is 1. The predicted octanol–water partition coefficient (Wildman–Crippen LogP) is 2.30. The van der Waals surface area contributed by atoms with Gasteiger partial charge >= 0.3 is 5.97 Å². The summed E-state index contributed by atoms with van der Waals surface area (Å²) in [5.74, 6) is 1.85. The molecule has 1 spiro atoms. The number of methoxy groups -OCH3 is 1. The summed E-state index contributed by atoms with van der Waals surface area (Å²) in [6.45, 7) is 1.75. The SMILES string of the molecule is CO[C@H]1O[C@@H]2CSC[C@]34C[C@H](c5cccc(O)c5)[C@H](O3)[C@H]1[C@]24COC(C)=O. The summed E-state index contributed by atoms with van der Waals surface area (Å²) < 4.78 is 24.3. The summed E-state index contributed by atoms with van der Waals surface area (Å²) in [7, 11) is 1.66. The van der Waals surface area contributed by atoms with Gasteiger partial charge in [0, 0.05) is 31.5 Å². The lowest BCUT2D eigenvalue weighted by atomic mass is 9.55. The normalized spacial score (nSPS) is 44.3. The van der Waals surface area contributed by atoms with Gasteiger partial charge in [-0.3, -0.25) is 4.79 Å². The maximum absolute atomic E-state index is 11.6. The summed E-state index contributed by atoms with van der Waals surface area (Å²) >= 11 is 1.83. The van der Waals surface area contributed by atoms with E-state index >= 15 is 0 Å². The number of carbonyl (C=O) groups is 1. The molecule has 4 heterocycles. The van der Waals surface area contributed by atoms with E-state index in [1.807, 2.05) is 30.0 Å². The van der Waals surface area contributed by atoms with Crippen molar-refractivity contribution in [3.8, 4) is 5.75 Å². The monoisotopic (exact) mass is 392 g/mol. The van der Waals surface area contributed by atoms with Crippen LogP contribution < -0.4 is 0 Å². The van der Waals surface area contributed by atoms with E-state index < -0.39 is 5.60 Å². The summed E-state index contributed by atoms with van der Waals surface area (Å²) in [5.41, 5.74) is 0.295. The molecule has 4 aliphatic heterocycles. The van der Waals surface area contributed by atoms with Gasteiger partial charge in [0.1, 0.15) is 12.4 Å². The van der Waals surface area contributed by atoms with Crippen molar-refractivity contribution in [1.82, 2.24) is 0 Å². The first kappa shape index (κ1) is 17.8. The topological polar surface area (TPSA) is 74.2 Å². The van der Waals surface area contributed by atoms with Crippen molar-refractivity contribution < 1.29 is 28.8 Å². The van der Waals surface area contributed by atoms with Crippen molar-refractivity contribution in [2.75, 3.05) is 25.2 Å². The van der Waals surface area contributed by atoms with Crippen LogP contribution in [0.5, 0.6) is 5.75 Å². The molecule has 7 atom stereocenters. The Balaban J connectivity index is 1.58. The lowest BCUT2D eigenvalue weighted by Gasteiger charge is -2.50. The fraction of sp³-hybridized carbons (Fsp3) is 0.650. The number of hydrogen-bond donors (Lipinski definition) is 1. The Morgan fingerprint density at radius 1 is 1.44 bits per heavy atom. The van der Waals surface area contributed by atoms with Crippen LogP contribution in [0.1, 0.15) is 24.8 Å². The molecule has 27 heavy (non-hydrogen) atoms. The molecule has 6 nitrogen and oxygen atoms in total. The molecule has 0 aliphatic carbocycles. The number of esters is 1. The van der Waals surface area contributed by atoms with Gasteiger partial charge in [-0.25, -0.2) is 0 Å². The average Bonchev–Trinajstić information content (AvgIpc) is 3.27. The van der Waals surface area contributed by atoms with Gasteiger partial charge in [-0.1, -0.05) is 12.1 Å². The number of carbonyl (C=O) groups excluding carboxylic acids is 1. The molecule has 4 saturated heterocycles. The predicted molar refractivity (Wildman–Crippen MR) is 98.6 cm³/mol. The minimum absolute atomic E-state index is 0.00570. The molecule has 7 heteroatoms. The largest absolute Gasteiger partial charge is 0.508 e. The molecule has 1 aromatic rings. The standard InChI is InChI=1S/C20H24O6S/c1-11(21)24-9-20-15-8-27-10-19(20)7-14(12-4-3-5-13(22)6-12)17(26-19)16(20)18(23-2)25-15/h3-6,14-18,22H,7-10H2,1-2H3/t14-,15-,16-,17+,18+,19+,20+/m1/s1. The summed E-state index contributed by atoms with van der Waals surface area (Å²) in [6, 6.07) is 7.43. The van der Waals surface area contributed by atoms with E-state index in [-0.39, 0.29) is 47.5 Å². The van der Waals surface area contributed by atoms with E-state index in [4.69, 9.17) is 18.9 Å². The molecule has 1 aromatic carbocycles. The summed E-state index contributed by atoms with van der Waals surface area (Å²) in [5, 5.41) is 9.95. The van der Waals surface area contributed by atoms with E-state index in [0.717, 1.165) is 23.5 Å². The second kappa shape index (κ2) is 6.11. The van der Waals surface area contributed by atoms with Gasteiger partial charge in [-0.15, -0.1) is 0 Å². The highest BCUT2D eigenvalue weighted by atomic mass is 32.2. The van der Waals surface area contributed by atoms with Crippen LogP contribution in [0.25, 0.3) is 0 Å². The molecular formula is C20H24O6S. The molecule has 4 fully saturated rings. The van der Waals surface area contributed by atoms with E-state index in [2.05, 4.69) is 0 Å². The lowest BCUT2D eigenvalue weighted by Crippen LogP contribution is -2.62. The number of fused-ring (bicyclic) bond motifs is 2. The van der Waals surface area contributed by atoms with Crippen LogP contribution in [0.4, 0.5) is 0 Å². The molecule has 0 aromatic heterocycles. The Morgan fingerprint density at radius 2 is 2.30 bits per heavy atom. The molecule has 0 amide bonds. The van der Waals surface area contributed by atoms with Gasteiger partial charge in [0.15, 0.2) is 6.29 Å². The zero-order chi connectivity index (χ0) is 18.8. The minimum Gasteiger partial charge on any atom is -0.508 e. The summed E-state index contributed by atoms with van der Waals surface area (Å²) in [4.78, 5) is 11.6. The van der Waals surface area contributed by atoms with Gasteiger partial charge in [-0.05, 0) is 24.1 Å². The fourth-order valence-corrected chi connectivity index (χ4v) is 7.40. The number of hydrogen-bond acceptors (Lipinski definition) is 7. The average molecular weight is 392 g/mol. The Labute approximate surface area is 162 Å². The first-order valence-electron chi connectivity index (χ1n) is 9.37. The van der Waals surface area contributed by atoms with Crippen LogP contribution in [0.15, 0.2) is 24.3 Å². The fourth-order valence-electron chi connectivity index (χ4n) is 5.91. The molecule has 0 radical (unpaired) electrons. The molecular weight excluding hydrogens is 368 g/mol. The van der Waals surface area contributed by atoms with Gasteiger partial charge in [-0.2, -0.15) is 11.8 Å². The number of aromatic hydroxyl groups is 1. The van der Waals surface area contributed by atoms with Crippen LogP contribution in [0.3, 0.4) is 0 Å². The van der Waals surface area contributed by atoms with Crippen LogP contribution in [0, 0.1) is 11.3 Å². The Morgan fingerprint density at radius 3 is 3.04 bits per heavy atom. The molecule has 4 aliphatic rings. The highest BCUT2D eigenvalue weighted by Crippen LogP contribution is 2.71. The Hall–Kier alpha value is -1.28. The zero-order valence-corrected chi connectivity index (χ0v) is 16.2. The van der Waals surface area contributed by atoms with E-state index in [1.54, 1.807) is 13.2 Å². The van der Waals surface area contributed by atoms with E-state index in [0.29, 0.717) is 6.61 Å². The smallest absolute Gasteiger partial charge is 0.302 e. The van der Waals surface area contributed by atoms with Gasteiger partial charge in [0.25, 0.3) is 0 Å². The van der Waals surface area contributed by atoms with Crippen molar-refractivity contribution >= 4 is 17.7 Å². The molecule has 2 bridgehead atoms. The van der Waals surface area contributed by atoms with Crippen molar-refractivity contribution in [2.24, 2.45) is 11.3 Å². The maximum atomic E-state index is 11.6. The third-order valence-electron chi connectivity index (χ3n) is 6.92. The molecule has 0 unspecified atom stereocenters. The van der Waals surface area contributed by atoms with Crippen molar-refractivity contribution in [3.63, 3.8) is 0 Å². The Kier molecular flexibility index (Phi) is 4.03. The van der Waals surface area contributed by atoms with Crippen LogP contribution in [-0.4, -0.2) is 60.4 Å². The summed E-state index contributed by atoms with van der Waals surface area (Å²) in [6.07, 6.45) is 0.315. The third-order valence-corrected chi connectivity index (χ3v) is 8.13. The zero-order valence-electron chi connectivity index (χ0n) is 15.4. The van der Waals surface area contributed by atoms with E-state index in [1.165, 1.54) is 6.92 Å². The second-order valence-corrected chi connectivity index (χ2v) is 9.10. The van der Waals surface area contributed by atoms with Gasteiger partial charge < -0.3 is 24.1 Å². The minimum atomic E-state index is -0.408. The number of rotatable bonds is 4. The van der Waals surface area contributed by atoms with Crippen LogP contribution >= 0.6 is 11.8 Å². The first-order chi connectivity index (χ1) is 13.0. The molecule has 0 saturated carbocycles. The molecule has 1 N–H and O–H groups in total. The number of benzene rings is 1. The molecule has 5 rings (SSSR count). The van der Waals surface area contributed by atoms with Crippen molar-refractivity contribution in [2.45, 2.75) is 43.4 Å². The third kappa shape index (κ3) is 2.29. The quantitative estimate of drug-likeness (QED) is 0.788. The molecule has 146 valence electrons. The van der Waals surface area contributed by atoms with Gasteiger partial charge in [0.05, 0.1) is 29.1 Å². The van der Waals surface area contributed by atoms with Crippen LogP contribution in [0.2, 0.25) is 0 Å². The highest BCUT2D eigenvalue weighted by Gasteiger charge is 2.80. The van der Waals surface area contributed by atoms with Gasteiger partial charge in [0.2, 0.25) is 0 Å². The maximum Gasteiger partial charge on any atom is 0.302 e.